The molecule has 1 heterocycles. The Morgan fingerprint density at radius 1 is 0.833 bits per heavy atom. The zero-order chi connectivity index (χ0) is 20.8. The summed E-state index contributed by atoms with van der Waals surface area (Å²) in [5.74, 6) is 0.826. The van der Waals surface area contributed by atoms with Gasteiger partial charge in [0, 0.05) is 43.3 Å². The van der Waals surface area contributed by atoms with Crippen LogP contribution in [0.1, 0.15) is 16.7 Å². The van der Waals surface area contributed by atoms with Gasteiger partial charge in [-0.05, 0) is 35.4 Å². The van der Waals surface area contributed by atoms with Crippen LogP contribution in [0.2, 0.25) is 5.02 Å². The van der Waals surface area contributed by atoms with E-state index in [-0.39, 0.29) is 0 Å². The van der Waals surface area contributed by atoms with Gasteiger partial charge in [0.25, 0.3) is 0 Å². The average molecular weight is 437 g/mol. The van der Waals surface area contributed by atoms with Gasteiger partial charge in [-0.2, -0.15) is 0 Å². The van der Waals surface area contributed by atoms with Gasteiger partial charge in [-0.25, -0.2) is 0 Å². The number of benzene rings is 3. The van der Waals surface area contributed by atoms with Crippen molar-refractivity contribution in [1.29, 1.82) is 0 Å². The van der Waals surface area contributed by atoms with Crippen molar-refractivity contribution in [2.75, 3.05) is 26.2 Å². The highest BCUT2D eigenvalue weighted by molar-refractivity contribution is 7.80. The quantitative estimate of drug-likeness (QED) is 0.480. The summed E-state index contributed by atoms with van der Waals surface area (Å²) < 4.78 is 5.96. The van der Waals surface area contributed by atoms with Crippen molar-refractivity contribution in [3.63, 3.8) is 0 Å². The van der Waals surface area contributed by atoms with Crippen molar-refractivity contribution >= 4 is 28.8 Å². The first kappa shape index (κ1) is 20.9. The topological polar surface area (TPSA) is 15.7 Å². The predicted octanol–water partition coefficient (Wildman–Crippen LogP) is 5.41. The van der Waals surface area contributed by atoms with Gasteiger partial charge < -0.3 is 9.64 Å². The average Bonchev–Trinajstić information content (AvgIpc) is 2.80. The predicted molar refractivity (Wildman–Crippen MR) is 127 cm³/mol. The van der Waals surface area contributed by atoms with Crippen molar-refractivity contribution < 1.29 is 4.74 Å². The normalized spacial score (nSPS) is 14.5. The molecule has 3 nitrogen and oxygen atoms in total. The summed E-state index contributed by atoms with van der Waals surface area (Å²) in [4.78, 5) is 5.68. The maximum Gasteiger partial charge on any atom is 0.120 e. The summed E-state index contributed by atoms with van der Waals surface area (Å²) in [7, 11) is 0. The van der Waals surface area contributed by atoms with Gasteiger partial charge in [0.05, 0.1) is 0 Å². The molecule has 4 rings (SSSR count). The van der Waals surface area contributed by atoms with E-state index in [2.05, 4.69) is 46.2 Å². The molecule has 0 amide bonds. The Labute approximate surface area is 188 Å². The highest BCUT2D eigenvalue weighted by Gasteiger charge is 2.20. The van der Waals surface area contributed by atoms with E-state index in [0.29, 0.717) is 6.61 Å². The molecule has 0 aromatic heterocycles. The Morgan fingerprint density at radius 2 is 1.57 bits per heavy atom. The Kier molecular flexibility index (Phi) is 7.00. The maximum absolute atomic E-state index is 5.96. The van der Waals surface area contributed by atoms with E-state index >= 15 is 0 Å². The fraction of sp³-hybridized carbons (Fsp3) is 0.240. The molecule has 0 unspecified atom stereocenters. The highest BCUT2D eigenvalue weighted by Crippen LogP contribution is 2.19. The standard InChI is InChI=1S/C25H25ClN2OS/c26-23-11-9-21(10-12-23)19-29-24-8-4-7-22(17-24)25(30)28-15-13-27(14-16-28)18-20-5-2-1-3-6-20/h1-12,17H,13-16,18-19H2. The second-order valence-corrected chi connectivity index (χ2v) is 8.32. The molecule has 1 aliphatic heterocycles. The van der Waals surface area contributed by atoms with Crippen LogP contribution in [0.3, 0.4) is 0 Å². The van der Waals surface area contributed by atoms with E-state index in [0.717, 1.165) is 59.6 Å². The monoisotopic (exact) mass is 436 g/mol. The summed E-state index contributed by atoms with van der Waals surface area (Å²) in [6, 6.07) is 26.4. The largest absolute Gasteiger partial charge is 0.489 e. The number of nitrogens with zero attached hydrogens (tertiary/aromatic N) is 2. The molecule has 0 bridgehead atoms. The third kappa shape index (κ3) is 5.60. The van der Waals surface area contributed by atoms with Gasteiger partial charge in [-0.3, -0.25) is 4.90 Å². The summed E-state index contributed by atoms with van der Waals surface area (Å²) in [5.41, 5.74) is 3.48. The van der Waals surface area contributed by atoms with E-state index in [1.165, 1.54) is 5.56 Å². The minimum absolute atomic E-state index is 0.506. The molecule has 3 aromatic carbocycles. The van der Waals surface area contributed by atoms with Crippen LogP contribution < -0.4 is 4.74 Å². The number of ether oxygens (including phenoxy) is 1. The molecule has 1 aliphatic rings. The molecule has 0 N–H and O–H groups in total. The fourth-order valence-corrected chi connectivity index (χ4v) is 4.04. The maximum atomic E-state index is 5.96. The summed E-state index contributed by atoms with van der Waals surface area (Å²) >= 11 is 11.7. The van der Waals surface area contributed by atoms with Crippen LogP contribution >= 0.6 is 23.8 Å². The molecule has 1 saturated heterocycles. The third-order valence-corrected chi connectivity index (χ3v) is 6.05. The first-order chi connectivity index (χ1) is 14.7. The Morgan fingerprint density at radius 3 is 2.30 bits per heavy atom. The van der Waals surface area contributed by atoms with Crippen LogP contribution in [0.25, 0.3) is 0 Å². The Balaban J connectivity index is 1.31. The summed E-state index contributed by atoms with van der Waals surface area (Å²) in [5, 5.41) is 0.731. The number of hydrogen-bond acceptors (Lipinski definition) is 3. The molecule has 3 aromatic rings. The van der Waals surface area contributed by atoms with Gasteiger partial charge in [0.2, 0.25) is 0 Å². The molecule has 1 fully saturated rings. The van der Waals surface area contributed by atoms with Crippen LogP contribution in [0.15, 0.2) is 78.9 Å². The minimum Gasteiger partial charge on any atom is -0.489 e. The molecule has 0 aliphatic carbocycles. The number of halogens is 1. The van der Waals surface area contributed by atoms with E-state index < -0.39 is 0 Å². The second-order valence-electron chi connectivity index (χ2n) is 7.50. The zero-order valence-electron chi connectivity index (χ0n) is 16.8. The van der Waals surface area contributed by atoms with Crippen LogP contribution in [0, 0.1) is 0 Å². The molecule has 154 valence electrons. The Bertz CT molecular complexity index is 970. The smallest absolute Gasteiger partial charge is 0.120 e. The molecular formula is C25H25ClN2OS. The summed E-state index contributed by atoms with van der Waals surface area (Å²) in [6.45, 7) is 5.42. The Hall–Kier alpha value is -2.40. The molecule has 30 heavy (non-hydrogen) atoms. The van der Waals surface area contributed by atoms with Gasteiger partial charge in [-0.15, -0.1) is 0 Å². The van der Waals surface area contributed by atoms with Crippen molar-refractivity contribution in [3.8, 4) is 5.75 Å². The number of hydrogen-bond donors (Lipinski definition) is 0. The summed E-state index contributed by atoms with van der Waals surface area (Å²) in [6.07, 6.45) is 0. The van der Waals surface area contributed by atoms with E-state index in [1.807, 2.05) is 42.5 Å². The SMILES string of the molecule is S=C(c1cccc(OCc2ccc(Cl)cc2)c1)N1CCN(Cc2ccccc2)CC1. The van der Waals surface area contributed by atoms with Gasteiger partial charge in [0.1, 0.15) is 17.3 Å². The molecule has 0 spiro atoms. The van der Waals surface area contributed by atoms with E-state index in [4.69, 9.17) is 28.6 Å². The third-order valence-electron chi connectivity index (χ3n) is 5.31. The van der Waals surface area contributed by atoms with Crippen molar-refractivity contribution in [2.45, 2.75) is 13.2 Å². The van der Waals surface area contributed by atoms with Crippen molar-refractivity contribution in [1.82, 2.24) is 9.80 Å². The van der Waals surface area contributed by atoms with Crippen molar-refractivity contribution in [3.05, 3.63) is 101 Å². The first-order valence-corrected chi connectivity index (χ1v) is 11.0. The lowest BCUT2D eigenvalue weighted by atomic mass is 10.1. The van der Waals surface area contributed by atoms with Gasteiger partial charge in [0.15, 0.2) is 0 Å². The van der Waals surface area contributed by atoms with Gasteiger partial charge in [-0.1, -0.05) is 78.4 Å². The minimum atomic E-state index is 0.506. The highest BCUT2D eigenvalue weighted by atomic mass is 35.5. The number of piperazine rings is 1. The van der Waals surface area contributed by atoms with Crippen LogP contribution in [-0.4, -0.2) is 41.0 Å². The second kappa shape index (κ2) is 10.1. The van der Waals surface area contributed by atoms with Crippen molar-refractivity contribution in [2.24, 2.45) is 0 Å². The molecule has 0 radical (unpaired) electrons. The van der Waals surface area contributed by atoms with Crippen LogP contribution in [-0.2, 0) is 13.2 Å². The van der Waals surface area contributed by atoms with Gasteiger partial charge >= 0.3 is 0 Å². The molecule has 5 heteroatoms. The number of thiocarbonyl (C=S) groups is 1. The first-order valence-electron chi connectivity index (χ1n) is 10.2. The molecule has 0 saturated carbocycles. The molecule has 0 atom stereocenters. The zero-order valence-corrected chi connectivity index (χ0v) is 18.4. The van der Waals surface area contributed by atoms with Crippen LogP contribution in [0.4, 0.5) is 0 Å². The van der Waals surface area contributed by atoms with E-state index in [1.54, 1.807) is 0 Å². The molecular weight excluding hydrogens is 412 g/mol. The van der Waals surface area contributed by atoms with Crippen LogP contribution in [0.5, 0.6) is 5.75 Å². The number of rotatable bonds is 6. The lowest BCUT2D eigenvalue weighted by Crippen LogP contribution is -2.48. The lowest BCUT2D eigenvalue weighted by Gasteiger charge is -2.36. The lowest BCUT2D eigenvalue weighted by molar-refractivity contribution is 0.177. The fourth-order valence-electron chi connectivity index (χ4n) is 3.60. The van der Waals surface area contributed by atoms with E-state index in [9.17, 15) is 0 Å².